The summed E-state index contributed by atoms with van der Waals surface area (Å²) in [6.45, 7) is 0. The van der Waals surface area contributed by atoms with Crippen LogP contribution in [0.2, 0.25) is 0 Å². The van der Waals surface area contributed by atoms with Crippen LogP contribution in [0.3, 0.4) is 0 Å². The summed E-state index contributed by atoms with van der Waals surface area (Å²) in [5.41, 5.74) is 5.81. The van der Waals surface area contributed by atoms with E-state index in [1.165, 1.54) is 0 Å². The summed E-state index contributed by atoms with van der Waals surface area (Å²) in [6, 6.07) is -0.247. The molecule has 6 unspecified atom stereocenters. The third kappa shape index (κ3) is 5.48. The van der Waals surface area contributed by atoms with E-state index in [-0.39, 0.29) is 24.4 Å². The molecule has 0 heterocycles. The Morgan fingerprint density at radius 3 is 1.84 bits per heavy atom. The Kier molecular flexibility index (Phi) is 6.66. The molecule has 6 atom stereocenters. The number of hydrogen-bond acceptors (Lipinski definition) is 6. The zero-order valence-electron chi connectivity index (χ0n) is 14.3. The molecule has 0 aromatic carbocycles. The van der Waals surface area contributed by atoms with Crippen molar-refractivity contribution in [2.75, 3.05) is 7.05 Å². The Labute approximate surface area is 149 Å². The van der Waals surface area contributed by atoms with Crippen LogP contribution >= 0.6 is 0 Å². The second-order valence-electron chi connectivity index (χ2n) is 7.19. The monoisotopic (exact) mass is 396 g/mol. The summed E-state index contributed by atoms with van der Waals surface area (Å²) in [4.78, 5) is 0. The predicted octanol–water partition coefficient (Wildman–Crippen LogP) is 0.571. The first kappa shape index (κ1) is 20.8. The summed E-state index contributed by atoms with van der Waals surface area (Å²) in [5.74, 6) is -0.781. The van der Waals surface area contributed by atoms with E-state index in [4.69, 9.17) is 5.73 Å². The molecule has 0 radical (unpaired) electrons. The molecule has 0 aromatic heterocycles. The molecule has 0 saturated heterocycles. The Balaban J connectivity index is 2.17. The van der Waals surface area contributed by atoms with Gasteiger partial charge in [-0.05, 0) is 57.4 Å². The molecule has 2 fully saturated rings. The Hall–Kier alpha value is -0.520. The fourth-order valence-electron chi connectivity index (χ4n) is 4.01. The smallest absolute Gasteiger partial charge is 0.268 e. The minimum Gasteiger partial charge on any atom is -0.328 e. The van der Waals surface area contributed by atoms with E-state index in [0.29, 0.717) is 25.7 Å². The van der Waals surface area contributed by atoms with Crippen molar-refractivity contribution in [1.82, 2.24) is 5.32 Å². The van der Waals surface area contributed by atoms with E-state index in [1.807, 2.05) is 0 Å². The highest BCUT2D eigenvalue weighted by Gasteiger charge is 2.39. The third-order valence-electron chi connectivity index (χ3n) is 5.51. The summed E-state index contributed by atoms with van der Waals surface area (Å²) >= 11 is 0. The highest BCUT2D eigenvalue weighted by molar-refractivity contribution is 7.86. The van der Waals surface area contributed by atoms with Gasteiger partial charge in [-0.3, -0.25) is 9.11 Å². The van der Waals surface area contributed by atoms with E-state index in [1.54, 1.807) is 19.2 Å². The van der Waals surface area contributed by atoms with Gasteiger partial charge in [-0.1, -0.05) is 12.2 Å². The van der Waals surface area contributed by atoms with Gasteiger partial charge in [0.1, 0.15) is 0 Å². The SMILES string of the molecule is CNC1CCC(/C=C/C2CCC(N)CC2S(=O)(=O)O)C(S(=O)(=O)O)C1. The molecule has 2 rings (SSSR count). The maximum atomic E-state index is 11.7. The normalized spacial score (nSPS) is 38.1. The lowest BCUT2D eigenvalue weighted by Gasteiger charge is -2.34. The maximum absolute atomic E-state index is 11.7. The molecule has 25 heavy (non-hydrogen) atoms. The van der Waals surface area contributed by atoms with Crippen LogP contribution in [0.5, 0.6) is 0 Å². The highest BCUT2D eigenvalue weighted by atomic mass is 32.2. The first-order valence-electron chi connectivity index (χ1n) is 8.56. The molecule has 2 saturated carbocycles. The number of rotatable bonds is 5. The van der Waals surface area contributed by atoms with Crippen molar-refractivity contribution in [3.8, 4) is 0 Å². The van der Waals surface area contributed by atoms with Crippen LogP contribution in [0.15, 0.2) is 12.2 Å². The molecule has 0 aromatic rings. The van der Waals surface area contributed by atoms with Crippen molar-refractivity contribution in [2.24, 2.45) is 17.6 Å². The zero-order chi connectivity index (χ0) is 18.8. The van der Waals surface area contributed by atoms with Crippen molar-refractivity contribution in [1.29, 1.82) is 0 Å². The lowest BCUT2D eigenvalue weighted by atomic mass is 9.82. The Morgan fingerprint density at radius 1 is 0.880 bits per heavy atom. The fraction of sp³-hybridized carbons (Fsp3) is 0.867. The number of nitrogens with one attached hydrogen (secondary N) is 1. The van der Waals surface area contributed by atoms with Gasteiger partial charge in [0.15, 0.2) is 0 Å². The van der Waals surface area contributed by atoms with Gasteiger partial charge in [-0.25, -0.2) is 0 Å². The fourth-order valence-corrected chi connectivity index (χ4v) is 6.31. The molecule has 0 bridgehead atoms. The quantitative estimate of drug-likeness (QED) is 0.389. The van der Waals surface area contributed by atoms with Crippen LogP contribution in [0.4, 0.5) is 0 Å². The molecule has 0 spiro atoms. The van der Waals surface area contributed by atoms with Crippen LogP contribution < -0.4 is 11.1 Å². The topological polar surface area (TPSA) is 147 Å². The molecular formula is C15H28N2O6S2. The molecule has 10 heteroatoms. The second-order valence-corrected chi connectivity index (χ2v) is 10.5. The number of allylic oxidation sites excluding steroid dienone is 2. The van der Waals surface area contributed by atoms with Crippen molar-refractivity contribution in [2.45, 2.75) is 61.1 Å². The van der Waals surface area contributed by atoms with Crippen LogP contribution in [0, 0.1) is 11.8 Å². The van der Waals surface area contributed by atoms with Crippen molar-refractivity contribution in [3.05, 3.63) is 12.2 Å². The van der Waals surface area contributed by atoms with Gasteiger partial charge in [0, 0.05) is 12.1 Å². The first-order chi connectivity index (χ1) is 11.5. The second kappa shape index (κ2) is 8.01. The molecule has 2 aliphatic carbocycles. The average Bonchev–Trinajstić information content (AvgIpc) is 2.51. The third-order valence-corrected chi connectivity index (χ3v) is 8.12. The van der Waals surface area contributed by atoms with E-state index in [9.17, 15) is 25.9 Å². The molecule has 5 N–H and O–H groups in total. The van der Waals surface area contributed by atoms with Crippen molar-refractivity contribution >= 4 is 20.2 Å². The molecule has 0 amide bonds. The molecule has 2 aliphatic rings. The minimum absolute atomic E-state index is 0.0230. The Bertz CT molecular complexity index is 691. The average molecular weight is 397 g/mol. The van der Waals surface area contributed by atoms with Gasteiger partial charge >= 0.3 is 0 Å². The summed E-state index contributed by atoms with van der Waals surface area (Å²) < 4.78 is 65.7. The van der Waals surface area contributed by atoms with Gasteiger partial charge in [0.25, 0.3) is 20.2 Å². The van der Waals surface area contributed by atoms with Crippen LogP contribution in [-0.2, 0) is 20.2 Å². The predicted molar refractivity (Wildman–Crippen MR) is 95.3 cm³/mol. The lowest BCUT2D eigenvalue weighted by Crippen LogP contribution is -2.42. The largest absolute Gasteiger partial charge is 0.328 e. The standard InChI is InChI=1S/C15H28N2O6S2/c1-17-13-7-5-11(15(9-13)25(21,22)23)3-2-10-4-6-12(16)8-14(10)24(18,19)20/h2-3,10-15,17H,4-9,16H2,1H3,(H,18,19,20)(H,21,22,23)/b3-2+. The van der Waals surface area contributed by atoms with E-state index >= 15 is 0 Å². The van der Waals surface area contributed by atoms with Gasteiger partial charge in [-0.15, -0.1) is 0 Å². The van der Waals surface area contributed by atoms with Gasteiger partial charge < -0.3 is 11.1 Å². The molecule has 8 nitrogen and oxygen atoms in total. The molecular weight excluding hydrogens is 368 g/mol. The maximum Gasteiger partial charge on any atom is 0.268 e. The number of nitrogens with two attached hydrogens (primary N) is 1. The first-order valence-corrected chi connectivity index (χ1v) is 11.6. The van der Waals surface area contributed by atoms with E-state index in [2.05, 4.69) is 5.32 Å². The summed E-state index contributed by atoms with van der Waals surface area (Å²) in [7, 11) is -6.67. The summed E-state index contributed by atoms with van der Waals surface area (Å²) in [5, 5.41) is 1.16. The van der Waals surface area contributed by atoms with Gasteiger partial charge in [0.2, 0.25) is 0 Å². The van der Waals surface area contributed by atoms with Crippen LogP contribution in [0.1, 0.15) is 38.5 Å². The highest BCUT2D eigenvalue weighted by Crippen LogP contribution is 2.34. The summed E-state index contributed by atoms with van der Waals surface area (Å²) in [6.07, 6.45) is 6.39. The Morgan fingerprint density at radius 2 is 1.36 bits per heavy atom. The minimum atomic E-state index is -4.22. The van der Waals surface area contributed by atoms with Crippen LogP contribution in [0.25, 0.3) is 0 Å². The van der Waals surface area contributed by atoms with E-state index < -0.39 is 36.7 Å². The molecule has 146 valence electrons. The van der Waals surface area contributed by atoms with Crippen LogP contribution in [-0.4, -0.2) is 55.6 Å². The zero-order valence-corrected chi connectivity index (χ0v) is 15.9. The van der Waals surface area contributed by atoms with Gasteiger partial charge in [-0.2, -0.15) is 16.8 Å². The lowest BCUT2D eigenvalue weighted by molar-refractivity contribution is 0.321. The molecule has 0 aliphatic heterocycles. The van der Waals surface area contributed by atoms with Crippen molar-refractivity contribution < 1.29 is 25.9 Å². The van der Waals surface area contributed by atoms with Crippen molar-refractivity contribution in [3.63, 3.8) is 0 Å². The van der Waals surface area contributed by atoms with E-state index in [0.717, 1.165) is 6.42 Å². The number of hydrogen-bond donors (Lipinski definition) is 4. The van der Waals surface area contributed by atoms with Gasteiger partial charge in [0.05, 0.1) is 10.5 Å².